The topological polar surface area (TPSA) is 123 Å². The summed E-state index contributed by atoms with van der Waals surface area (Å²) in [6.07, 6.45) is -4.97. The van der Waals surface area contributed by atoms with Crippen molar-refractivity contribution in [3.63, 3.8) is 0 Å². The average Bonchev–Trinajstić information content (AvgIpc) is 3.21. The van der Waals surface area contributed by atoms with E-state index in [-0.39, 0.29) is 18.5 Å². The van der Waals surface area contributed by atoms with Crippen molar-refractivity contribution >= 4 is 29.4 Å². The summed E-state index contributed by atoms with van der Waals surface area (Å²) in [5, 5.41) is 3.00. The van der Waals surface area contributed by atoms with Gasteiger partial charge in [-0.15, -0.1) is 0 Å². The fraction of sp³-hybridized carbons (Fsp3) is 0.304. The van der Waals surface area contributed by atoms with Gasteiger partial charge in [0.2, 0.25) is 5.91 Å². The largest absolute Gasteiger partial charge is 0.493 e. The van der Waals surface area contributed by atoms with Crippen LogP contribution >= 0.6 is 0 Å². The van der Waals surface area contributed by atoms with Gasteiger partial charge in [0, 0.05) is 12.0 Å². The Labute approximate surface area is 203 Å². The number of carbonyl (C=O) groups is 4. The number of rotatable bonds is 8. The molecule has 0 saturated carbocycles. The Balaban J connectivity index is 1.53. The number of halogens is 3. The van der Waals surface area contributed by atoms with Crippen LogP contribution in [-0.2, 0) is 25.3 Å². The van der Waals surface area contributed by atoms with E-state index >= 15 is 0 Å². The van der Waals surface area contributed by atoms with Crippen LogP contribution in [0.15, 0.2) is 42.5 Å². The van der Waals surface area contributed by atoms with Gasteiger partial charge in [-0.25, -0.2) is 0 Å². The lowest BCUT2D eigenvalue weighted by Crippen LogP contribution is -2.43. The molecule has 0 bridgehead atoms. The van der Waals surface area contributed by atoms with E-state index in [1.54, 1.807) is 0 Å². The minimum atomic E-state index is -4.68. The number of nitrogens with one attached hydrogen (secondary N) is 2. The minimum Gasteiger partial charge on any atom is -0.493 e. The van der Waals surface area contributed by atoms with Gasteiger partial charge in [-0.3, -0.25) is 29.6 Å². The lowest BCUT2D eigenvalue weighted by atomic mass is 10.1. The second kappa shape index (κ2) is 11.0. The van der Waals surface area contributed by atoms with E-state index < -0.39 is 53.6 Å². The third-order valence-corrected chi connectivity index (χ3v) is 5.19. The number of anilines is 1. The third-order valence-electron chi connectivity index (χ3n) is 5.19. The first-order chi connectivity index (χ1) is 17.0. The van der Waals surface area contributed by atoms with Gasteiger partial charge >= 0.3 is 12.1 Å². The van der Waals surface area contributed by atoms with E-state index in [2.05, 4.69) is 10.7 Å². The first-order valence-electron chi connectivity index (χ1n) is 10.5. The molecule has 0 spiro atoms. The molecule has 3 rings (SSSR count). The fourth-order valence-corrected chi connectivity index (χ4v) is 3.42. The first kappa shape index (κ1) is 26.3. The van der Waals surface area contributed by atoms with Crippen LogP contribution in [0.1, 0.15) is 22.3 Å². The number of hydrogen-bond donors (Lipinski definition) is 2. The number of carbonyl (C=O) groups excluding carboxylic acids is 4. The monoisotopic (exact) mass is 509 g/mol. The number of methoxy groups -OCH3 is 2. The molecule has 192 valence electrons. The number of alkyl halides is 3. The van der Waals surface area contributed by atoms with Crippen LogP contribution in [0, 0.1) is 5.92 Å². The molecule has 10 nitrogen and oxygen atoms in total. The van der Waals surface area contributed by atoms with Gasteiger partial charge in [-0.1, -0.05) is 12.1 Å². The molecule has 0 aromatic heterocycles. The highest BCUT2D eigenvalue weighted by Gasteiger charge is 2.37. The van der Waals surface area contributed by atoms with Gasteiger partial charge in [0.15, 0.2) is 18.1 Å². The predicted molar refractivity (Wildman–Crippen MR) is 118 cm³/mol. The lowest BCUT2D eigenvalue weighted by molar-refractivity contribution is -0.151. The normalized spacial score (nSPS) is 15.3. The highest BCUT2D eigenvalue weighted by atomic mass is 19.4. The molecule has 36 heavy (non-hydrogen) atoms. The van der Waals surface area contributed by atoms with Crippen LogP contribution in [0.2, 0.25) is 0 Å². The highest BCUT2D eigenvalue weighted by Crippen LogP contribution is 2.34. The van der Waals surface area contributed by atoms with Crippen molar-refractivity contribution in [2.75, 3.05) is 32.7 Å². The Bertz CT molecular complexity index is 1170. The molecular formula is C23H22F3N3O7. The number of ether oxygens (including phenoxy) is 3. The first-order valence-corrected chi connectivity index (χ1v) is 10.5. The smallest absolute Gasteiger partial charge is 0.418 e. The molecule has 1 saturated heterocycles. The molecule has 3 amide bonds. The van der Waals surface area contributed by atoms with Crippen molar-refractivity contribution in [3.05, 3.63) is 53.6 Å². The van der Waals surface area contributed by atoms with E-state index in [0.717, 1.165) is 17.1 Å². The molecule has 2 N–H and O–H groups in total. The van der Waals surface area contributed by atoms with E-state index in [1.165, 1.54) is 44.6 Å². The summed E-state index contributed by atoms with van der Waals surface area (Å²) in [6, 6.07) is 8.73. The van der Waals surface area contributed by atoms with Crippen molar-refractivity contribution in [2.24, 2.45) is 5.92 Å². The molecular weight excluding hydrogens is 487 g/mol. The van der Waals surface area contributed by atoms with E-state index in [1.807, 2.05) is 0 Å². The van der Waals surface area contributed by atoms with Crippen LogP contribution < -0.4 is 20.2 Å². The van der Waals surface area contributed by atoms with Crippen molar-refractivity contribution in [3.8, 4) is 11.5 Å². The number of esters is 1. The summed E-state index contributed by atoms with van der Waals surface area (Å²) in [4.78, 5) is 49.1. The van der Waals surface area contributed by atoms with Gasteiger partial charge in [0.1, 0.15) is 0 Å². The van der Waals surface area contributed by atoms with E-state index in [4.69, 9.17) is 14.2 Å². The summed E-state index contributed by atoms with van der Waals surface area (Å²) < 4.78 is 54.3. The maximum Gasteiger partial charge on any atom is 0.418 e. The number of para-hydroxylation sites is 1. The molecule has 1 atom stereocenters. The summed E-state index contributed by atoms with van der Waals surface area (Å²) in [5.74, 6) is -3.38. The molecule has 0 aliphatic carbocycles. The molecule has 0 unspecified atom stereocenters. The number of benzene rings is 2. The molecule has 1 heterocycles. The molecule has 2 aromatic rings. The Hall–Kier alpha value is -4.29. The van der Waals surface area contributed by atoms with Crippen LogP contribution in [0.4, 0.5) is 18.9 Å². The maximum atomic E-state index is 13.0. The third kappa shape index (κ3) is 6.23. The maximum absolute atomic E-state index is 13.0. The fourth-order valence-electron chi connectivity index (χ4n) is 3.42. The Morgan fingerprint density at radius 3 is 2.42 bits per heavy atom. The number of hydrogen-bond acceptors (Lipinski definition) is 7. The van der Waals surface area contributed by atoms with Crippen molar-refractivity contribution in [2.45, 2.75) is 12.6 Å². The van der Waals surface area contributed by atoms with E-state index in [0.29, 0.717) is 11.5 Å². The minimum absolute atomic E-state index is 0.169. The van der Waals surface area contributed by atoms with Gasteiger partial charge in [0.25, 0.3) is 11.8 Å². The van der Waals surface area contributed by atoms with Gasteiger partial charge < -0.3 is 19.5 Å². The van der Waals surface area contributed by atoms with Crippen LogP contribution in [0.3, 0.4) is 0 Å². The molecule has 1 aliphatic heterocycles. The standard InChI is InChI=1S/C23H22F3N3O7/c1-34-17-8-7-13(9-18(17)35-2)21(32)28-29-11-14(10-20(29)31)22(33)36-12-19(30)27-16-6-4-3-5-15(16)23(24,25)26/h3-9,14H,10-12H2,1-2H3,(H,27,30)(H,28,32)/t14-/m1/s1. The quantitative estimate of drug-likeness (QED) is 0.524. The second-order valence-corrected chi connectivity index (χ2v) is 7.62. The summed E-state index contributed by atoms with van der Waals surface area (Å²) in [6.45, 7) is -1.07. The van der Waals surface area contributed by atoms with Crippen LogP contribution in [0.5, 0.6) is 11.5 Å². The predicted octanol–water partition coefficient (Wildman–Crippen LogP) is 2.40. The number of nitrogens with zero attached hydrogens (tertiary/aromatic N) is 1. The Morgan fingerprint density at radius 2 is 1.75 bits per heavy atom. The zero-order valence-corrected chi connectivity index (χ0v) is 19.2. The second-order valence-electron chi connectivity index (χ2n) is 7.62. The van der Waals surface area contributed by atoms with Gasteiger partial charge in [-0.2, -0.15) is 13.2 Å². The SMILES string of the molecule is COc1ccc(C(=O)NN2C[C@H](C(=O)OCC(=O)Nc3ccccc3C(F)(F)F)CC2=O)cc1OC. The van der Waals surface area contributed by atoms with Gasteiger partial charge in [-0.05, 0) is 30.3 Å². The zero-order valence-electron chi connectivity index (χ0n) is 19.2. The average molecular weight is 509 g/mol. The summed E-state index contributed by atoms with van der Waals surface area (Å²) in [7, 11) is 2.83. The van der Waals surface area contributed by atoms with E-state index in [9.17, 15) is 32.3 Å². The molecule has 0 radical (unpaired) electrons. The van der Waals surface area contributed by atoms with Crippen LogP contribution in [0.25, 0.3) is 0 Å². The van der Waals surface area contributed by atoms with Gasteiger partial charge in [0.05, 0.1) is 37.9 Å². The van der Waals surface area contributed by atoms with Crippen molar-refractivity contribution < 1.29 is 46.6 Å². The molecule has 1 aliphatic rings. The zero-order chi connectivity index (χ0) is 26.5. The molecule has 13 heteroatoms. The summed E-state index contributed by atoms with van der Waals surface area (Å²) in [5.41, 5.74) is 1.03. The highest BCUT2D eigenvalue weighted by molar-refractivity contribution is 5.97. The number of amides is 3. The summed E-state index contributed by atoms with van der Waals surface area (Å²) >= 11 is 0. The van der Waals surface area contributed by atoms with Crippen molar-refractivity contribution in [1.82, 2.24) is 10.4 Å². The lowest BCUT2D eigenvalue weighted by Gasteiger charge is -2.18. The molecule has 1 fully saturated rings. The Kier molecular flexibility index (Phi) is 8.02. The number of hydrazine groups is 1. The molecule has 2 aromatic carbocycles. The van der Waals surface area contributed by atoms with Crippen LogP contribution in [-0.4, -0.2) is 56.1 Å². The Morgan fingerprint density at radius 1 is 1.06 bits per heavy atom. The van der Waals surface area contributed by atoms with Crippen molar-refractivity contribution in [1.29, 1.82) is 0 Å².